The zero-order valence-corrected chi connectivity index (χ0v) is 23.8. The number of Topliss-reactive ketones (excluding diaryl/α,β-unsaturated/α-hetero) is 1. The molecule has 11 N–H and O–H groups in total. The Morgan fingerprint density at radius 3 is 2.23 bits per heavy atom. The van der Waals surface area contributed by atoms with Crippen LogP contribution >= 0.6 is 11.8 Å². The van der Waals surface area contributed by atoms with Crippen LogP contribution < -0.4 is 22.1 Å². The van der Waals surface area contributed by atoms with E-state index in [9.17, 15) is 39.6 Å². The molecule has 0 aliphatic rings. The van der Waals surface area contributed by atoms with Crippen molar-refractivity contribution in [2.45, 2.75) is 76.2 Å². The first-order chi connectivity index (χ1) is 18.5. The van der Waals surface area contributed by atoms with Crippen molar-refractivity contribution in [2.75, 3.05) is 17.3 Å². The topological polar surface area (TPSA) is 246 Å². The maximum Gasteiger partial charge on any atom is 0.303 e. The maximum atomic E-state index is 13.4. The van der Waals surface area contributed by atoms with E-state index in [2.05, 4.69) is 10.6 Å². The lowest BCUT2D eigenvalue weighted by atomic mass is 9.85. The van der Waals surface area contributed by atoms with Gasteiger partial charge in [0.05, 0.1) is 18.0 Å². The number of carboxylic acids is 1. The Morgan fingerprint density at radius 2 is 1.68 bits per heavy atom. The largest absolute Gasteiger partial charge is 0.481 e. The molecule has 13 nitrogen and oxygen atoms in total. The first-order valence-electron chi connectivity index (χ1n) is 12.9. The number of thioether (sulfide) groups is 1. The van der Waals surface area contributed by atoms with Crippen molar-refractivity contribution in [3.63, 3.8) is 0 Å². The minimum atomic E-state index is -3.10. The SMILES string of the molecule is CSCC[C@H](N)C(=O)N[C@@H](CC(C)C)C(=O)C(CCC(O)(O)C(=O)Nc1ccccc1CCC(=O)O)C(N)(O)O. The van der Waals surface area contributed by atoms with E-state index in [1.165, 1.54) is 17.8 Å². The van der Waals surface area contributed by atoms with Crippen LogP contribution in [-0.2, 0) is 25.6 Å². The molecule has 0 aliphatic carbocycles. The standard InChI is InChI=1S/C26H42N4O9S/c1-15(2)14-20(29-23(34)18(27)11-13-40-3)22(33)17(26(28,38)39)10-12-25(36,37)24(35)30-19-7-5-4-6-16(19)8-9-21(31)32/h4-7,15,17-18,20,36-39H,8-14,27-28H2,1-3H3,(H,29,34)(H,30,35)(H,31,32)/t17?,18-,20-/m0/s1. The van der Waals surface area contributed by atoms with E-state index in [1.807, 2.05) is 6.26 Å². The minimum Gasteiger partial charge on any atom is -0.481 e. The molecule has 0 saturated carbocycles. The summed E-state index contributed by atoms with van der Waals surface area (Å²) in [6.45, 7) is 3.57. The fraction of sp³-hybridized carbons (Fsp3) is 0.615. The van der Waals surface area contributed by atoms with Crippen LogP contribution in [0.15, 0.2) is 24.3 Å². The van der Waals surface area contributed by atoms with Crippen molar-refractivity contribution in [1.29, 1.82) is 0 Å². The summed E-state index contributed by atoms with van der Waals surface area (Å²) in [4.78, 5) is 49.6. The third kappa shape index (κ3) is 11.9. The summed E-state index contributed by atoms with van der Waals surface area (Å²) in [5.74, 6) is -11.3. The van der Waals surface area contributed by atoms with E-state index < -0.39 is 66.1 Å². The van der Waals surface area contributed by atoms with Gasteiger partial charge in [-0.1, -0.05) is 32.0 Å². The number of benzene rings is 1. The van der Waals surface area contributed by atoms with Gasteiger partial charge in [-0.15, -0.1) is 0 Å². The van der Waals surface area contributed by atoms with Crippen LogP contribution in [0, 0.1) is 11.8 Å². The molecule has 2 amide bonds. The molecule has 1 unspecified atom stereocenters. The first-order valence-corrected chi connectivity index (χ1v) is 14.3. The van der Waals surface area contributed by atoms with Crippen LogP contribution in [0.5, 0.6) is 0 Å². The van der Waals surface area contributed by atoms with Crippen molar-refractivity contribution >= 4 is 41.0 Å². The summed E-state index contributed by atoms with van der Waals surface area (Å²) in [6.07, 6.45) is 0.692. The second kappa shape index (κ2) is 16.0. The highest BCUT2D eigenvalue weighted by Gasteiger charge is 2.43. The van der Waals surface area contributed by atoms with Gasteiger partial charge in [0.2, 0.25) is 17.6 Å². The Hall–Kier alpha value is -2.59. The molecule has 1 aromatic rings. The smallest absolute Gasteiger partial charge is 0.303 e. The Morgan fingerprint density at radius 1 is 1.05 bits per heavy atom. The Bertz CT molecular complexity index is 1010. The molecule has 3 atom stereocenters. The highest BCUT2D eigenvalue weighted by Crippen LogP contribution is 2.26. The van der Waals surface area contributed by atoms with Gasteiger partial charge in [0.25, 0.3) is 5.91 Å². The van der Waals surface area contributed by atoms with Gasteiger partial charge in [-0.25, -0.2) is 0 Å². The number of hydrogen-bond acceptors (Lipinski definition) is 11. The van der Waals surface area contributed by atoms with Gasteiger partial charge in [0.1, 0.15) is 0 Å². The number of nitrogens with two attached hydrogens (primary N) is 2. The second-order valence-electron chi connectivity index (χ2n) is 10.2. The predicted molar refractivity (Wildman–Crippen MR) is 150 cm³/mol. The normalized spacial score (nSPS) is 14.3. The summed E-state index contributed by atoms with van der Waals surface area (Å²) in [6, 6.07) is 4.10. The van der Waals surface area contributed by atoms with Crippen molar-refractivity contribution in [2.24, 2.45) is 23.3 Å². The Labute approximate surface area is 237 Å². The molecule has 0 aliphatic heterocycles. The molecule has 0 fully saturated rings. The van der Waals surface area contributed by atoms with Crippen LogP contribution in [0.4, 0.5) is 5.69 Å². The third-order valence-corrected chi connectivity index (χ3v) is 6.86. The predicted octanol–water partition coefficient (Wildman–Crippen LogP) is -0.503. The van der Waals surface area contributed by atoms with Crippen molar-refractivity contribution in [1.82, 2.24) is 5.32 Å². The van der Waals surface area contributed by atoms with Crippen LogP contribution in [-0.4, -0.2) is 84.9 Å². The second-order valence-corrected chi connectivity index (χ2v) is 11.2. The van der Waals surface area contributed by atoms with Gasteiger partial charge in [-0.2, -0.15) is 11.8 Å². The summed E-state index contributed by atoms with van der Waals surface area (Å²) >= 11 is 1.49. The molecule has 0 saturated heterocycles. The summed E-state index contributed by atoms with van der Waals surface area (Å²) in [5.41, 5.74) is 11.9. The zero-order valence-electron chi connectivity index (χ0n) is 23.0. The number of aliphatic hydroxyl groups is 4. The van der Waals surface area contributed by atoms with Crippen LogP contribution in [0.2, 0.25) is 0 Å². The van der Waals surface area contributed by atoms with Crippen molar-refractivity contribution < 1.29 is 44.7 Å². The van der Waals surface area contributed by atoms with Gasteiger partial charge in [0, 0.05) is 18.5 Å². The Kier molecular flexibility index (Phi) is 14.2. The van der Waals surface area contributed by atoms with Crippen LogP contribution in [0.3, 0.4) is 0 Å². The van der Waals surface area contributed by atoms with E-state index in [1.54, 1.807) is 32.0 Å². The van der Waals surface area contributed by atoms with Gasteiger partial charge in [-0.05, 0) is 55.2 Å². The molecular weight excluding hydrogens is 544 g/mol. The molecule has 0 spiro atoms. The molecular formula is C26H42N4O9S. The molecule has 0 bridgehead atoms. The first kappa shape index (κ1) is 35.4. The number of nitrogens with one attached hydrogen (secondary N) is 2. The summed E-state index contributed by atoms with van der Waals surface area (Å²) in [5, 5.41) is 55.1. The van der Waals surface area contributed by atoms with E-state index in [4.69, 9.17) is 16.6 Å². The molecule has 0 radical (unpaired) electrons. The number of anilines is 1. The fourth-order valence-corrected chi connectivity index (χ4v) is 4.45. The third-order valence-electron chi connectivity index (χ3n) is 6.21. The zero-order chi connectivity index (χ0) is 30.7. The number of carbonyl (C=O) groups is 4. The lowest BCUT2D eigenvalue weighted by Gasteiger charge is -2.32. The van der Waals surface area contributed by atoms with E-state index >= 15 is 0 Å². The molecule has 1 aromatic carbocycles. The summed E-state index contributed by atoms with van der Waals surface area (Å²) in [7, 11) is 0. The molecule has 1 rings (SSSR count). The van der Waals surface area contributed by atoms with Crippen LogP contribution in [0.25, 0.3) is 0 Å². The number of rotatable bonds is 18. The van der Waals surface area contributed by atoms with E-state index in [-0.39, 0.29) is 30.9 Å². The summed E-state index contributed by atoms with van der Waals surface area (Å²) < 4.78 is 0. The number of para-hydroxylation sites is 1. The number of amides is 2. The van der Waals surface area contributed by atoms with Gasteiger partial charge >= 0.3 is 5.97 Å². The lowest BCUT2D eigenvalue weighted by molar-refractivity contribution is -0.209. The van der Waals surface area contributed by atoms with Gasteiger partial charge in [-0.3, -0.25) is 24.9 Å². The number of ketones is 1. The quantitative estimate of drug-likeness (QED) is 0.0988. The van der Waals surface area contributed by atoms with E-state index in [0.717, 1.165) is 0 Å². The van der Waals surface area contributed by atoms with Crippen molar-refractivity contribution in [3.05, 3.63) is 29.8 Å². The van der Waals surface area contributed by atoms with E-state index in [0.29, 0.717) is 17.7 Å². The molecule has 0 heterocycles. The average molecular weight is 587 g/mol. The molecule has 0 aromatic heterocycles. The number of aryl methyl sites for hydroxylation is 1. The average Bonchev–Trinajstić information content (AvgIpc) is 2.84. The highest BCUT2D eigenvalue weighted by atomic mass is 32.2. The monoisotopic (exact) mass is 586 g/mol. The highest BCUT2D eigenvalue weighted by molar-refractivity contribution is 7.98. The number of carbonyl (C=O) groups excluding carboxylic acids is 3. The van der Waals surface area contributed by atoms with Crippen LogP contribution in [0.1, 0.15) is 51.5 Å². The fourth-order valence-electron chi connectivity index (χ4n) is 3.96. The minimum absolute atomic E-state index is 0.0703. The molecule has 40 heavy (non-hydrogen) atoms. The molecule has 14 heteroatoms. The van der Waals surface area contributed by atoms with Crippen molar-refractivity contribution in [3.8, 4) is 0 Å². The number of carboxylic acid groups (broad SMARTS) is 1. The van der Waals surface area contributed by atoms with Gasteiger partial charge < -0.3 is 41.9 Å². The number of aliphatic carboxylic acids is 1. The Balaban J connectivity index is 3.06. The maximum absolute atomic E-state index is 13.4. The van der Waals surface area contributed by atoms with Gasteiger partial charge in [0.15, 0.2) is 5.78 Å². The lowest BCUT2D eigenvalue weighted by Crippen LogP contribution is -2.57. The number of hydrogen-bond donors (Lipinski definition) is 9. The molecule has 226 valence electrons.